The third kappa shape index (κ3) is 7.48. The van der Waals surface area contributed by atoms with Gasteiger partial charge in [-0.15, -0.1) is 0 Å². The number of fused-ring (bicyclic) bond motifs is 1. The summed E-state index contributed by atoms with van der Waals surface area (Å²) in [6, 6.07) is 13.0. The quantitative estimate of drug-likeness (QED) is 0.182. The zero-order valence-corrected chi connectivity index (χ0v) is 25.2. The van der Waals surface area contributed by atoms with E-state index in [2.05, 4.69) is 37.8 Å². The highest BCUT2D eigenvalue weighted by molar-refractivity contribution is 6.04. The Morgan fingerprint density at radius 2 is 1.93 bits per heavy atom. The summed E-state index contributed by atoms with van der Waals surface area (Å²) in [5.74, 6) is 0.911. The smallest absolute Gasteiger partial charge is 0.416 e. The monoisotopic (exact) mass is 633 g/mol. The molecule has 240 valence electrons. The predicted molar refractivity (Wildman–Crippen MR) is 168 cm³/mol. The first-order chi connectivity index (χ1) is 22.1. The van der Waals surface area contributed by atoms with Crippen LogP contribution in [0, 0.1) is 0 Å². The van der Waals surface area contributed by atoms with Crippen molar-refractivity contribution in [2.45, 2.75) is 43.9 Å². The van der Waals surface area contributed by atoms with Crippen molar-refractivity contribution in [2.24, 2.45) is 0 Å². The second-order valence-corrected chi connectivity index (χ2v) is 11.6. The number of carbonyl (C=O) groups excluding carboxylic acids is 2. The van der Waals surface area contributed by atoms with Crippen LogP contribution in [0.25, 0.3) is 11.0 Å². The number of benzene rings is 2. The number of aromatic nitrogens is 3. The van der Waals surface area contributed by atoms with Crippen molar-refractivity contribution in [1.82, 2.24) is 25.0 Å². The summed E-state index contributed by atoms with van der Waals surface area (Å²) >= 11 is 0. The van der Waals surface area contributed by atoms with E-state index in [9.17, 15) is 22.8 Å². The van der Waals surface area contributed by atoms with Gasteiger partial charge in [-0.2, -0.15) is 18.3 Å². The molecule has 1 saturated heterocycles. The number of nitrogens with zero attached hydrogens (tertiary/aromatic N) is 4. The van der Waals surface area contributed by atoms with E-state index in [1.54, 1.807) is 30.5 Å². The molecular weight excluding hydrogens is 599 g/mol. The Labute approximate surface area is 263 Å². The van der Waals surface area contributed by atoms with E-state index in [-0.39, 0.29) is 23.2 Å². The number of nitrogens with one attached hydrogen (secondary N) is 3. The number of amides is 2. The molecule has 1 aliphatic carbocycles. The first-order valence-electron chi connectivity index (χ1n) is 15.2. The van der Waals surface area contributed by atoms with Crippen molar-refractivity contribution in [1.29, 1.82) is 0 Å². The molecule has 0 radical (unpaired) electrons. The number of aromatic amines is 1. The number of hydrogen-bond donors (Lipinski definition) is 3. The molecule has 0 unspecified atom stereocenters. The molecule has 10 nitrogen and oxygen atoms in total. The number of likely N-dealkylation sites (tertiary alicyclic amines) is 1. The number of pyridine rings is 1. The Balaban J connectivity index is 1.09. The molecule has 1 aliphatic heterocycles. The average molecular weight is 634 g/mol. The number of ether oxygens (including phenoxy) is 1. The number of halogens is 3. The van der Waals surface area contributed by atoms with E-state index in [4.69, 9.17) is 4.74 Å². The van der Waals surface area contributed by atoms with Gasteiger partial charge < -0.3 is 20.3 Å². The van der Waals surface area contributed by atoms with E-state index in [0.717, 1.165) is 31.5 Å². The Morgan fingerprint density at radius 1 is 1.13 bits per heavy atom. The Bertz CT molecular complexity index is 1730. The normalized spacial score (nSPS) is 17.1. The molecule has 0 bridgehead atoms. The standard InChI is InChI=1S/C33H34F3N7O3/c1-42(25-11-12-25)17-4-8-28(44)43-18-3-7-24(20-43)38-31-29-27(15-16-37-30(29)40-41-31)46-26-13-9-21(10-14-26)32(45)39-23-6-2-5-22(19-23)33(34,35)36/h2,4-6,8-10,13-16,19,24-25H,3,7,11-12,17-18,20H2,1H3,(H,39,45)(H2,37,38,40,41)/b8-4+/t24-/m1/s1. The van der Waals surface area contributed by atoms with E-state index in [1.165, 1.54) is 37.1 Å². The molecule has 0 spiro atoms. The summed E-state index contributed by atoms with van der Waals surface area (Å²) in [6.45, 7) is 2.00. The summed E-state index contributed by atoms with van der Waals surface area (Å²) in [5.41, 5.74) is -0.0437. The van der Waals surface area contributed by atoms with Crippen LogP contribution in [0.5, 0.6) is 11.5 Å². The summed E-state index contributed by atoms with van der Waals surface area (Å²) in [6.07, 6.45) is 4.85. The third-order valence-corrected chi connectivity index (χ3v) is 8.11. The zero-order chi connectivity index (χ0) is 32.3. The fourth-order valence-corrected chi connectivity index (χ4v) is 5.47. The van der Waals surface area contributed by atoms with Crippen LogP contribution < -0.4 is 15.4 Å². The molecule has 1 saturated carbocycles. The van der Waals surface area contributed by atoms with E-state index in [1.807, 2.05) is 11.0 Å². The highest BCUT2D eigenvalue weighted by Crippen LogP contribution is 2.34. The Morgan fingerprint density at radius 3 is 2.70 bits per heavy atom. The third-order valence-electron chi connectivity index (χ3n) is 8.11. The number of rotatable bonds is 10. The predicted octanol–water partition coefficient (Wildman–Crippen LogP) is 6.07. The highest BCUT2D eigenvalue weighted by Gasteiger charge is 2.30. The van der Waals surface area contributed by atoms with Crippen LogP contribution in [0.4, 0.5) is 24.7 Å². The minimum atomic E-state index is -4.51. The van der Waals surface area contributed by atoms with Crippen molar-refractivity contribution in [2.75, 3.05) is 37.3 Å². The van der Waals surface area contributed by atoms with Crippen molar-refractivity contribution >= 4 is 34.4 Å². The van der Waals surface area contributed by atoms with Crippen LogP contribution in [0.2, 0.25) is 0 Å². The van der Waals surface area contributed by atoms with Gasteiger partial charge in [-0.1, -0.05) is 12.1 Å². The molecular formula is C33H34F3N7O3. The van der Waals surface area contributed by atoms with Gasteiger partial charge in [-0.3, -0.25) is 19.6 Å². The maximum absolute atomic E-state index is 13.0. The zero-order valence-electron chi connectivity index (χ0n) is 25.2. The summed E-state index contributed by atoms with van der Waals surface area (Å²) in [4.78, 5) is 34.0. The Kier molecular flexibility index (Phi) is 8.93. The molecule has 46 heavy (non-hydrogen) atoms. The van der Waals surface area contributed by atoms with Crippen LogP contribution in [0.15, 0.2) is 72.9 Å². The molecule has 2 aliphatic rings. The van der Waals surface area contributed by atoms with Gasteiger partial charge in [-0.05, 0) is 75.2 Å². The SMILES string of the molecule is CN(C/C=C/C(=O)N1CCC[C@@H](Nc2n[nH]c3nccc(Oc4ccc(C(=O)Nc5cccc(C(F)(F)F)c5)cc4)c23)C1)C1CC1. The lowest BCUT2D eigenvalue weighted by Gasteiger charge is -2.32. The van der Waals surface area contributed by atoms with Crippen molar-refractivity contribution in [3.05, 3.63) is 84.1 Å². The molecule has 2 aromatic carbocycles. The molecule has 2 aromatic heterocycles. The molecule has 3 heterocycles. The molecule has 1 atom stereocenters. The van der Waals surface area contributed by atoms with E-state index >= 15 is 0 Å². The number of piperidine rings is 1. The fourth-order valence-electron chi connectivity index (χ4n) is 5.47. The average Bonchev–Trinajstić information content (AvgIpc) is 3.82. The lowest BCUT2D eigenvalue weighted by atomic mass is 10.1. The van der Waals surface area contributed by atoms with Crippen molar-refractivity contribution < 1.29 is 27.5 Å². The van der Waals surface area contributed by atoms with Gasteiger partial charge in [0.25, 0.3) is 5.91 Å². The van der Waals surface area contributed by atoms with Crippen molar-refractivity contribution in [3.63, 3.8) is 0 Å². The maximum atomic E-state index is 13.0. The highest BCUT2D eigenvalue weighted by atomic mass is 19.4. The fraction of sp³-hybridized carbons (Fsp3) is 0.333. The number of anilines is 2. The van der Waals surface area contributed by atoms with Gasteiger partial charge >= 0.3 is 6.18 Å². The van der Waals surface area contributed by atoms with E-state index in [0.29, 0.717) is 47.5 Å². The largest absolute Gasteiger partial charge is 0.456 e. The topological polar surface area (TPSA) is 115 Å². The lowest BCUT2D eigenvalue weighted by molar-refractivity contribution is -0.137. The summed E-state index contributed by atoms with van der Waals surface area (Å²) in [5, 5.41) is 14.0. The van der Waals surface area contributed by atoms with Gasteiger partial charge in [-0.25, -0.2) is 4.98 Å². The first kappa shape index (κ1) is 31.1. The van der Waals surface area contributed by atoms with Gasteiger partial charge in [0.15, 0.2) is 11.5 Å². The van der Waals surface area contributed by atoms with Gasteiger partial charge in [0.1, 0.15) is 16.9 Å². The second kappa shape index (κ2) is 13.2. The molecule has 2 amide bonds. The maximum Gasteiger partial charge on any atom is 0.416 e. The van der Waals surface area contributed by atoms with Gasteiger partial charge in [0.05, 0.1) is 5.56 Å². The van der Waals surface area contributed by atoms with E-state index < -0.39 is 17.6 Å². The second-order valence-electron chi connectivity index (χ2n) is 11.6. The number of likely N-dealkylation sites (N-methyl/N-ethyl adjacent to an activating group) is 1. The molecule has 13 heteroatoms. The number of carbonyl (C=O) groups is 2. The van der Waals surface area contributed by atoms with Crippen molar-refractivity contribution in [3.8, 4) is 11.5 Å². The summed E-state index contributed by atoms with van der Waals surface area (Å²) < 4.78 is 45.3. The van der Waals surface area contributed by atoms with Crippen LogP contribution in [0.1, 0.15) is 41.6 Å². The van der Waals surface area contributed by atoms with Gasteiger partial charge in [0, 0.05) is 61.3 Å². The lowest BCUT2D eigenvalue weighted by Crippen LogP contribution is -2.44. The van der Waals surface area contributed by atoms with Gasteiger partial charge in [0.2, 0.25) is 5.91 Å². The number of alkyl halides is 3. The van der Waals surface area contributed by atoms with Crippen LogP contribution in [0.3, 0.4) is 0 Å². The molecule has 2 fully saturated rings. The molecule has 4 aromatic rings. The molecule has 6 rings (SSSR count). The summed E-state index contributed by atoms with van der Waals surface area (Å²) in [7, 11) is 2.08. The molecule has 3 N–H and O–H groups in total. The first-order valence-corrected chi connectivity index (χ1v) is 15.2. The van der Waals surface area contributed by atoms with Crippen LogP contribution >= 0.6 is 0 Å². The minimum absolute atomic E-state index is 0.000210. The number of hydrogen-bond acceptors (Lipinski definition) is 7. The van der Waals surface area contributed by atoms with Crippen LogP contribution in [-0.4, -0.2) is 75.6 Å². The minimum Gasteiger partial charge on any atom is -0.456 e. The Hall–Kier alpha value is -4.91. The number of H-pyrrole nitrogens is 1. The van der Waals surface area contributed by atoms with Crippen LogP contribution in [-0.2, 0) is 11.0 Å².